The Hall–Kier alpha value is -3.99. The molecule has 0 radical (unpaired) electrons. The second-order valence-electron chi connectivity index (χ2n) is 11.0. The van der Waals surface area contributed by atoms with Crippen LogP contribution in [0.4, 0.5) is 11.6 Å². The number of aromatic nitrogens is 4. The molecule has 0 bridgehead atoms. The van der Waals surface area contributed by atoms with Gasteiger partial charge in [0.2, 0.25) is 11.8 Å². The van der Waals surface area contributed by atoms with Crippen molar-refractivity contribution in [3.63, 3.8) is 0 Å². The number of aromatic amines is 1. The van der Waals surface area contributed by atoms with E-state index >= 15 is 0 Å². The monoisotopic (exact) mass is 553 g/mol. The van der Waals surface area contributed by atoms with Gasteiger partial charge < -0.3 is 29.1 Å². The Morgan fingerprint density at radius 3 is 2.71 bits per heavy atom. The number of aryl methyl sites for hydroxylation is 1. The van der Waals surface area contributed by atoms with Gasteiger partial charge in [-0.1, -0.05) is 18.2 Å². The van der Waals surface area contributed by atoms with Gasteiger partial charge in [-0.3, -0.25) is 4.90 Å². The number of nitrogens with zero attached hydrogens (tertiary/aromatic N) is 5. The molecule has 0 saturated carbocycles. The zero-order valence-electron chi connectivity index (χ0n) is 23.5. The van der Waals surface area contributed by atoms with E-state index in [-0.39, 0.29) is 6.10 Å². The van der Waals surface area contributed by atoms with Crippen molar-refractivity contribution in [3.05, 3.63) is 60.1 Å². The third-order valence-corrected chi connectivity index (χ3v) is 7.95. The molecule has 0 aliphatic carbocycles. The highest BCUT2D eigenvalue weighted by Crippen LogP contribution is 2.36. The lowest BCUT2D eigenvalue weighted by atomic mass is 10.1. The van der Waals surface area contributed by atoms with E-state index in [4.69, 9.17) is 23.9 Å². The summed E-state index contributed by atoms with van der Waals surface area (Å²) in [5.41, 5.74) is 6.41. The van der Waals surface area contributed by atoms with E-state index in [0.717, 1.165) is 85.5 Å². The number of hydrogen-bond acceptors (Lipinski definition) is 9. The van der Waals surface area contributed by atoms with Crippen molar-refractivity contribution in [1.29, 1.82) is 0 Å². The summed E-state index contributed by atoms with van der Waals surface area (Å²) in [4.78, 5) is 22.3. The molecule has 5 heterocycles. The molecule has 212 valence electrons. The highest BCUT2D eigenvalue weighted by atomic mass is 16.5. The fourth-order valence-electron chi connectivity index (χ4n) is 5.63. The van der Waals surface area contributed by atoms with Gasteiger partial charge in [-0.15, -0.1) is 0 Å². The lowest BCUT2D eigenvalue weighted by Gasteiger charge is -2.32. The molecule has 2 fully saturated rings. The Morgan fingerprint density at radius 1 is 1.05 bits per heavy atom. The summed E-state index contributed by atoms with van der Waals surface area (Å²) in [6.45, 7) is 8.46. The molecule has 1 atom stereocenters. The number of piperazine rings is 1. The molecule has 7 rings (SSSR count). The molecule has 0 amide bonds. The highest BCUT2D eigenvalue weighted by molar-refractivity contribution is 5.99. The Labute approximate surface area is 238 Å². The van der Waals surface area contributed by atoms with Crippen molar-refractivity contribution in [3.8, 4) is 17.0 Å². The maximum atomic E-state index is 6.32. The predicted octanol–water partition coefficient (Wildman–Crippen LogP) is 5.12. The van der Waals surface area contributed by atoms with Crippen LogP contribution in [0.25, 0.3) is 33.3 Å². The minimum atomic E-state index is 0.0696. The standard InChI is InChI=1S/C31H35N7O3/c1-20-33-26-10-7-22(16-27(26)41-20)25-17-32-29-28(25)30(40-19-24-4-3-15-39-24)36-31(35-29)34-23-8-5-21(6-9-23)18-38-13-11-37(2)12-14-38/h5-10,16-17,24H,3-4,11-15,18-19H2,1-2H3,(H2,32,34,35,36). The number of nitrogens with one attached hydrogen (secondary N) is 2. The fourth-order valence-corrected chi connectivity index (χ4v) is 5.63. The average molecular weight is 554 g/mol. The molecular weight excluding hydrogens is 518 g/mol. The van der Waals surface area contributed by atoms with Gasteiger partial charge in [-0.25, -0.2) is 4.98 Å². The van der Waals surface area contributed by atoms with Crippen LogP contribution < -0.4 is 10.1 Å². The van der Waals surface area contributed by atoms with Crippen LogP contribution in [-0.4, -0.2) is 82.3 Å². The summed E-state index contributed by atoms with van der Waals surface area (Å²) in [6, 6.07) is 14.5. The topological polar surface area (TPSA) is 105 Å². The van der Waals surface area contributed by atoms with E-state index in [9.17, 15) is 0 Å². The third kappa shape index (κ3) is 5.63. The molecule has 2 aliphatic rings. The number of fused-ring (bicyclic) bond motifs is 2. The van der Waals surface area contributed by atoms with Crippen molar-refractivity contribution < 1.29 is 13.9 Å². The van der Waals surface area contributed by atoms with Gasteiger partial charge in [0.05, 0.1) is 11.5 Å². The van der Waals surface area contributed by atoms with E-state index < -0.39 is 0 Å². The molecule has 2 saturated heterocycles. The Kier molecular flexibility index (Phi) is 7.03. The molecular formula is C31H35N7O3. The summed E-state index contributed by atoms with van der Waals surface area (Å²) >= 11 is 0. The summed E-state index contributed by atoms with van der Waals surface area (Å²) in [7, 11) is 2.18. The van der Waals surface area contributed by atoms with Crippen molar-refractivity contribution in [2.75, 3.05) is 51.8 Å². The summed E-state index contributed by atoms with van der Waals surface area (Å²) in [5.74, 6) is 1.63. The van der Waals surface area contributed by atoms with Gasteiger partial charge in [-0.2, -0.15) is 9.97 Å². The first-order valence-corrected chi connectivity index (χ1v) is 14.4. The first-order chi connectivity index (χ1) is 20.1. The van der Waals surface area contributed by atoms with Gasteiger partial charge in [-0.05, 0) is 55.3 Å². The van der Waals surface area contributed by atoms with Crippen molar-refractivity contribution in [1.82, 2.24) is 29.7 Å². The molecule has 2 N–H and O–H groups in total. The quantitative estimate of drug-likeness (QED) is 0.271. The summed E-state index contributed by atoms with van der Waals surface area (Å²) in [5, 5.41) is 4.21. The molecule has 0 spiro atoms. The number of likely N-dealkylation sites (N-methyl/N-ethyl adjacent to an activating group) is 1. The maximum absolute atomic E-state index is 6.32. The van der Waals surface area contributed by atoms with Gasteiger partial charge in [0.1, 0.15) is 17.8 Å². The van der Waals surface area contributed by atoms with E-state index in [1.54, 1.807) is 0 Å². The van der Waals surface area contributed by atoms with Crippen molar-refractivity contribution >= 4 is 33.8 Å². The van der Waals surface area contributed by atoms with Crippen LogP contribution >= 0.6 is 0 Å². The fraction of sp³-hybridized carbons (Fsp3) is 0.387. The molecule has 1 unspecified atom stereocenters. The molecule has 10 heteroatoms. The van der Waals surface area contributed by atoms with Crippen LogP contribution in [0.15, 0.2) is 53.1 Å². The van der Waals surface area contributed by atoms with Crippen molar-refractivity contribution in [2.45, 2.75) is 32.4 Å². The lowest BCUT2D eigenvalue weighted by Crippen LogP contribution is -2.43. The third-order valence-electron chi connectivity index (χ3n) is 7.95. The normalized spacial score (nSPS) is 18.4. The van der Waals surface area contributed by atoms with E-state index in [0.29, 0.717) is 30.0 Å². The highest BCUT2D eigenvalue weighted by Gasteiger charge is 2.21. The molecule has 2 aromatic carbocycles. The van der Waals surface area contributed by atoms with Gasteiger partial charge in [0, 0.05) is 63.7 Å². The molecule has 3 aromatic heterocycles. The number of hydrogen-bond donors (Lipinski definition) is 2. The predicted molar refractivity (Wildman–Crippen MR) is 159 cm³/mol. The van der Waals surface area contributed by atoms with Gasteiger partial charge >= 0.3 is 0 Å². The first kappa shape index (κ1) is 25.9. The Bertz CT molecular complexity index is 1650. The molecule has 5 aromatic rings. The van der Waals surface area contributed by atoms with Gasteiger partial charge in [0.25, 0.3) is 0 Å². The lowest BCUT2D eigenvalue weighted by molar-refractivity contribution is 0.0670. The number of anilines is 2. The van der Waals surface area contributed by atoms with Crippen LogP contribution in [0.5, 0.6) is 5.88 Å². The van der Waals surface area contributed by atoms with Crippen LogP contribution in [0.2, 0.25) is 0 Å². The Morgan fingerprint density at radius 2 is 1.90 bits per heavy atom. The number of oxazole rings is 1. The number of ether oxygens (including phenoxy) is 2. The van der Waals surface area contributed by atoms with E-state index in [1.807, 2.05) is 31.3 Å². The summed E-state index contributed by atoms with van der Waals surface area (Å²) in [6.07, 6.45) is 4.05. The van der Waals surface area contributed by atoms with Crippen molar-refractivity contribution in [2.24, 2.45) is 0 Å². The second-order valence-corrected chi connectivity index (χ2v) is 11.0. The van der Waals surface area contributed by atoms with E-state index in [2.05, 4.69) is 56.4 Å². The zero-order chi connectivity index (χ0) is 27.8. The summed E-state index contributed by atoms with van der Waals surface area (Å²) < 4.78 is 17.9. The van der Waals surface area contributed by atoms with E-state index in [1.165, 1.54) is 5.56 Å². The molecule has 41 heavy (non-hydrogen) atoms. The maximum Gasteiger partial charge on any atom is 0.232 e. The second kappa shape index (κ2) is 11.1. The smallest absolute Gasteiger partial charge is 0.232 e. The van der Waals surface area contributed by atoms with Crippen LogP contribution in [0.1, 0.15) is 24.3 Å². The first-order valence-electron chi connectivity index (χ1n) is 14.4. The average Bonchev–Trinajstić information content (AvgIpc) is 3.73. The zero-order valence-corrected chi connectivity index (χ0v) is 23.5. The van der Waals surface area contributed by atoms with Crippen LogP contribution in [0.3, 0.4) is 0 Å². The van der Waals surface area contributed by atoms with Gasteiger partial charge in [0.15, 0.2) is 11.5 Å². The minimum absolute atomic E-state index is 0.0696. The Balaban J connectivity index is 1.16. The van der Waals surface area contributed by atoms with Crippen LogP contribution in [-0.2, 0) is 11.3 Å². The minimum Gasteiger partial charge on any atom is -0.474 e. The van der Waals surface area contributed by atoms with Crippen LogP contribution in [0, 0.1) is 6.92 Å². The molecule has 2 aliphatic heterocycles. The number of rotatable bonds is 8. The molecule has 10 nitrogen and oxygen atoms in total. The number of H-pyrrole nitrogens is 1. The number of benzene rings is 2. The SMILES string of the molecule is Cc1nc2ccc(-c3c[nH]c4nc(Nc5ccc(CN6CCN(C)CC6)cc5)nc(OCC5CCCO5)c34)cc2o1. The largest absolute Gasteiger partial charge is 0.474 e.